The first-order valence-electron chi connectivity index (χ1n) is 6.18. The van der Waals surface area contributed by atoms with Crippen molar-refractivity contribution in [2.24, 2.45) is 0 Å². The summed E-state index contributed by atoms with van der Waals surface area (Å²) in [7, 11) is -3.78. The van der Waals surface area contributed by atoms with Crippen molar-refractivity contribution < 1.29 is 8.42 Å². The summed E-state index contributed by atoms with van der Waals surface area (Å²) in [5, 5.41) is 0.0134. The molecule has 0 unspecified atom stereocenters. The quantitative estimate of drug-likeness (QED) is 0.818. The van der Waals surface area contributed by atoms with E-state index in [2.05, 4.69) is 4.72 Å². The minimum atomic E-state index is -3.78. The lowest BCUT2D eigenvalue weighted by Gasteiger charge is -2.11. The van der Waals surface area contributed by atoms with Crippen LogP contribution >= 0.6 is 23.2 Å². The van der Waals surface area contributed by atoms with Crippen LogP contribution in [0.3, 0.4) is 0 Å². The topological polar surface area (TPSA) is 72.2 Å². The Morgan fingerprint density at radius 1 is 1.05 bits per heavy atom. The molecule has 2 rings (SSSR count). The van der Waals surface area contributed by atoms with Crippen LogP contribution < -0.4 is 10.5 Å². The summed E-state index contributed by atoms with van der Waals surface area (Å²) in [5.74, 6) is 0. The normalized spacial score (nSPS) is 11.5. The van der Waals surface area contributed by atoms with Crippen LogP contribution in [0.4, 0.5) is 5.69 Å². The minimum absolute atomic E-state index is 0.00668. The van der Waals surface area contributed by atoms with Gasteiger partial charge in [-0.15, -0.1) is 0 Å². The zero-order valence-corrected chi connectivity index (χ0v) is 13.3. The average Bonchev–Trinajstić information content (AvgIpc) is 2.38. The summed E-state index contributed by atoms with van der Waals surface area (Å²) in [6, 6.07) is 12.3. The molecule has 3 N–H and O–H groups in total. The van der Waals surface area contributed by atoms with Crippen LogP contribution in [-0.2, 0) is 16.4 Å². The second kappa shape index (κ2) is 6.66. The van der Waals surface area contributed by atoms with E-state index in [1.54, 1.807) is 0 Å². The Morgan fingerprint density at radius 2 is 1.62 bits per heavy atom. The van der Waals surface area contributed by atoms with E-state index in [9.17, 15) is 8.42 Å². The van der Waals surface area contributed by atoms with Crippen molar-refractivity contribution in [3.05, 3.63) is 58.1 Å². The average molecular weight is 345 g/mol. The van der Waals surface area contributed by atoms with Crippen molar-refractivity contribution in [2.75, 3.05) is 12.3 Å². The zero-order valence-electron chi connectivity index (χ0n) is 11.0. The van der Waals surface area contributed by atoms with Gasteiger partial charge >= 0.3 is 0 Å². The van der Waals surface area contributed by atoms with Crippen LogP contribution in [0, 0.1) is 0 Å². The molecule has 2 aromatic carbocycles. The summed E-state index contributed by atoms with van der Waals surface area (Å²) in [6.45, 7) is 0.253. The highest BCUT2D eigenvalue weighted by Gasteiger charge is 2.21. The molecule has 0 fully saturated rings. The molecule has 0 spiro atoms. The molecular weight excluding hydrogens is 331 g/mol. The maximum atomic E-state index is 12.3. The third-order valence-electron chi connectivity index (χ3n) is 2.84. The number of halogens is 2. The Morgan fingerprint density at radius 3 is 2.19 bits per heavy atom. The van der Waals surface area contributed by atoms with Crippen molar-refractivity contribution in [1.29, 1.82) is 0 Å². The maximum absolute atomic E-state index is 12.3. The first-order valence-corrected chi connectivity index (χ1v) is 8.42. The molecule has 0 aliphatic heterocycles. The third kappa shape index (κ3) is 4.11. The molecule has 0 aromatic heterocycles. The van der Waals surface area contributed by atoms with E-state index >= 15 is 0 Å². The lowest BCUT2D eigenvalue weighted by Crippen LogP contribution is -2.26. The van der Waals surface area contributed by atoms with Crippen molar-refractivity contribution >= 4 is 38.9 Å². The molecule has 7 heteroatoms. The van der Waals surface area contributed by atoms with Gasteiger partial charge in [0, 0.05) is 12.2 Å². The molecule has 0 heterocycles. The van der Waals surface area contributed by atoms with Crippen LogP contribution in [0.15, 0.2) is 47.4 Å². The summed E-state index contributed by atoms with van der Waals surface area (Å²) in [5.41, 5.74) is 6.91. The Hall–Kier alpha value is -1.27. The van der Waals surface area contributed by atoms with Gasteiger partial charge in [-0.25, -0.2) is 13.1 Å². The van der Waals surface area contributed by atoms with Crippen molar-refractivity contribution in [3.63, 3.8) is 0 Å². The highest BCUT2D eigenvalue weighted by Crippen LogP contribution is 2.31. The molecule has 0 aliphatic rings. The predicted octanol–water partition coefficient (Wildman–Crippen LogP) is 3.10. The monoisotopic (exact) mass is 344 g/mol. The fourth-order valence-corrected chi connectivity index (χ4v) is 4.14. The van der Waals surface area contributed by atoms with Crippen LogP contribution in [0.25, 0.3) is 0 Å². The first-order chi connectivity index (χ1) is 9.90. The number of nitrogen functional groups attached to an aromatic ring is 1. The van der Waals surface area contributed by atoms with Gasteiger partial charge in [-0.3, -0.25) is 0 Å². The number of rotatable bonds is 5. The Balaban J connectivity index is 2.12. The first kappa shape index (κ1) is 16.1. The molecule has 0 bridgehead atoms. The highest BCUT2D eigenvalue weighted by molar-refractivity contribution is 7.89. The molecule has 4 nitrogen and oxygen atoms in total. The summed E-state index contributed by atoms with van der Waals surface area (Å²) >= 11 is 11.9. The van der Waals surface area contributed by atoms with Gasteiger partial charge < -0.3 is 5.73 Å². The number of anilines is 1. The van der Waals surface area contributed by atoms with Gasteiger partial charge in [0.15, 0.2) is 0 Å². The fourth-order valence-electron chi connectivity index (χ4n) is 1.88. The molecule has 0 radical (unpaired) electrons. The summed E-state index contributed by atoms with van der Waals surface area (Å²) in [4.78, 5) is -0.145. The van der Waals surface area contributed by atoms with Crippen molar-refractivity contribution in [1.82, 2.24) is 4.72 Å². The molecule has 0 saturated carbocycles. The lowest BCUT2D eigenvalue weighted by atomic mass is 10.2. The zero-order chi connectivity index (χ0) is 15.5. The maximum Gasteiger partial charge on any atom is 0.243 e. The summed E-state index contributed by atoms with van der Waals surface area (Å²) < 4.78 is 27.0. The van der Waals surface area contributed by atoms with Gasteiger partial charge in [0.25, 0.3) is 0 Å². The van der Waals surface area contributed by atoms with E-state index in [4.69, 9.17) is 28.9 Å². The second-order valence-electron chi connectivity index (χ2n) is 4.45. The van der Waals surface area contributed by atoms with Gasteiger partial charge in [0.05, 0.1) is 10.0 Å². The summed E-state index contributed by atoms with van der Waals surface area (Å²) in [6.07, 6.45) is 0.574. The number of hydrogen-bond donors (Lipinski definition) is 2. The molecule has 0 amide bonds. The van der Waals surface area contributed by atoms with Crippen molar-refractivity contribution in [3.8, 4) is 0 Å². The Labute approximate surface area is 133 Å². The highest BCUT2D eigenvalue weighted by atomic mass is 35.5. The molecule has 2 aromatic rings. The van der Waals surface area contributed by atoms with E-state index < -0.39 is 10.0 Å². The molecule has 112 valence electrons. The Bertz CT molecular complexity index is 711. The van der Waals surface area contributed by atoms with E-state index in [1.807, 2.05) is 30.3 Å². The van der Waals surface area contributed by atoms with Crippen LogP contribution in [0.1, 0.15) is 5.56 Å². The number of nitrogens with one attached hydrogen (secondary N) is 1. The number of sulfonamides is 1. The van der Waals surface area contributed by atoms with Crippen molar-refractivity contribution in [2.45, 2.75) is 11.3 Å². The second-order valence-corrected chi connectivity index (χ2v) is 6.97. The van der Waals surface area contributed by atoms with Gasteiger partial charge in [-0.1, -0.05) is 53.5 Å². The molecule has 0 saturated heterocycles. The number of nitrogens with two attached hydrogens (primary N) is 1. The minimum Gasteiger partial charge on any atom is -0.399 e. The fraction of sp³-hybridized carbons (Fsp3) is 0.143. The number of benzene rings is 2. The van der Waals surface area contributed by atoms with E-state index in [0.717, 1.165) is 5.56 Å². The SMILES string of the molecule is Nc1cc(Cl)c(S(=O)(=O)NCCc2ccccc2)c(Cl)c1. The van der Waals surface area contributed by atoms with E-state index in [0.29, 0.717) is 12.1 Å². The van der Waals surface area contributed by atoms with Gasteiger partial charge in [0.1, 0.15) is 4.90 Å². The number of hydrogen-bond acceptors (Lipinski definition) is 3. The third-order valence-corrected chi connectivity index (χ3v) is 5.22. The predicted molar refractivity (Wildman–Crippen MR) is 86.2 cm³/mol. The molecular formula is C14H14Cl2N2O2S. The largest absolute Gasteiger partial charge is 0.399 e. The van der Waals surface area contributed by atoms with Gasteiger partial charge in [-0.2, -0.15) is 0 Å². The molecule has 0 aliphatic carbocycles. The molecule has 21 heavy (non-hydrogen) atoms. The Kier molecular flexibility index (Phi) is 5.11. The van der Waals surface area contributed by atoms with Crippen LogP contribution in [0.5, 0.6) is 0 Å². The smallest absolute Gasteiger partial charge is 0.243 e. The van der Waals surface area contributed by atoms with Crippen LogP contribution in [0.2, 0.25) is 10.0 Å². The van der Waals surface area contributed by atoms with E-state index in [1.165, 1.54) is 12.1 Å². The molecule has 0 atom stereocenters. The lowest BCUT2D eigenvalue weighted by molar-refractivity contribution is 0.582. The van der Waals surface area contributed by atoms with Crippen LogP contribution in [-0.4, -0.2) is 15.0 Å². The van der Waals surface area contributed by atoms with Gasteiger partial charge in [0.2, 0.25) is 10.0 Å². The standard InChI is InChI=1S/C14H14Cl2N2O2S/c15-12-8-11(17)9-13(16)14(12)21(19,20)18-7-6-10-4-2-1-3-5-10/h1-5,8-9,18H,6-7,17H2. The van der Waals surface area contributed by atoms with Gasteiger partial charge in [-0.05, 0) is 24.1 Å². The van der Waals surface area contributed by atoms with E-state index in [-0.39, 0.29) is 21.5 Å².